The van der Waals surface area contributed by atoms with E-state index in [-0.39, 0.29) is 18.8 Å². The average molecular weight is 385 g/mol. The second kappa shape index (κ2) is 8.94. The molecule has 1 saturated heterocycles. The Morgan fingerprint density at radius 2 is 2.04 bits per heavy atom. The van der Waals surface area contributed by atoms with Crippen LogP contribution in [0.3, 0.4) is 0 Å². The van der Waals surface area contributed by atoms with Crippen LogP contribution in [0.4, 0.5) is 4.79 Å². The molecule has 1 fully saturated rings. The molecular formula is C19H19N3O6. The maximum absolute atomic E-state index is 12.7. The van der Waals surface area contributed by atoms with Crippen molar-refractivity contribution in [2.45, 2.75) is 25.5 Å². The number of hydrogen-bond acceptors (Lipinski definition) is 7. The molecule has 146 valence electrons. The van der Waals surface area contributed by atoms with Crippen molar-refractivity contribution in [2.24, 2.45) is 5.92 Å². The fourth-order valence-corrected chi connectivity index (χ4v) is 2.89. The Hall–Kier alpha value is -3.49. The van der Waals surface area contributed by atoms with Crippen LogP contribution in [0.25, 0.3) is 0 Å². The molecule has 0 aliphatic carbocycles. The van der Waals surface area contributed by atoms with Crippen LogP contribution in [0.15, 0.2) is 47.1 Å². The second-order valence-electron chi connectivity index (χ2n) is 6.33. The van der Waals surface area contributed by atoms with E-state index >= 15 is 0 Å². The van der Waals surface area contributed by atoms with Gasteiger partial charge in [-0.1, -0.05) is 35.5 Å². The Labute approximate surface area is 160 Å². The summed E-state index contributed by atoms with van der Waals surface area (Å²) in [5, 5.41) is 8.44. The van der Waals surface area contributed by atoms with Crippen LogP contribution in [0.5, 0.6) is 0 Å². The summed E-state index contributed by atoms with van der Waals surface area (Å²) in [7, 11) is 0. The van der Waals surface area contributed by atoms with Crippen molar-refractivity contribution in [3.05, 3.63) is 53.9 Å². The lowest BCUT2D eigenvalue weighted by Crippen LogP contribution is -2.44. The maximum atomic E-state index is 12.7. The number of carbonyl (C=O) groups excluding carboxylic acids is 4. The van der Waals surface area contributed by atoms with E-state index in [0.717, 1.165) is 5.56 Å². The molecule has 2 unspecified atom stereocenters. The first-order valence-electron chi connectivity index (χ1n) is 8.77. The van der Waals surface area contributed by atoms with Gasteiger partial charge in [-0.2, -0.15) is 0 Å². The minimum absolute atomic E-state index is 0.0330. The maximum Gasteiger partial charge on any atom is 0.408 e. The monoisotopic (exact) mass is 385 g/mol. The lowest BCUT2D eigenvalue weighted by Gasteiger charge is -2.22. The van der Waals surface area contributed by atoms with E-state index in [1.807, 2.05) is 18.2 Å². The largest absolute Gasteiger partial charge is 0.445 e. The number of nitrogens with zero attached hydrogens (tertiary/aromatic N) is 1. The Morgan fingerprint density at radius 3 is 2.75 bits per heavy atom. The van der Waals surface area contributed by atoms with Crippen LogP contribution in [0, 0.1) is 5.92 Å². The van der Waals surface area contributed by atoms with E-state index in [0.29, 0.717) is 13.0 Å². The van der Waals surface area contributed by atoms with Gasteiger partial charge in [-0.25, -0.2) is 4.79 Å². The normalized spacial score (nSPS) is 17.5. The van der Waals surface area contributed by atoms with Gasteiger partial charge in [0.2, 0.25) is 5.78 Å². The average Bonchev–Trinajstić information content (AvgIpc) is 3.23. The Balaban J connectivity index is 1.64. The summed E-state index contributed by atoms with van der Waals surface area (Å²) in [6, 6.07) is 9.34. The van der Waals surface area contributed by atoms with Gasteiger partial charge in [0, 0.05) is 24.9 Å². The SMILES string of the molecule is O=C(NC(C(=O)CC1CCNC(=O)C1=O)c1ccno1)OCc1ccccc1. The molecule has 0 saturated carbocycles. The molecule has 2 amide bonds. The number of rotatable bonds is 7. The van der Waals surface area contributed by atoms with Crippen molar-refractivity contribution in [3.8, 4) is 0 Å². The highest BCUT2D eigenvalue weighted by atomic mass is 16.5. The van der Waals surface area contributed by atoms with E-state index in [1.165, 1.54) is 12.3 Å². The van der Waals surface area contributed by atoms with Crippen LogP contribution in [-0.4, -0.2) is 35.3 Å². The summed E-state index contributed by atoms with van der Waals surface area (Å²) in [6.07, 6.45) is 0.687. The number of ether oxygens (including phenoxy) is 1. The molecule has 2 N–H and O–H groups in total. The number of piperidine rings is 1. The predicted octanol–water partition coefficient (Wildman–Crippen LogP) is 1.31. The summed E-state index contributed by atoms with van der Waals surface area (Å²) < 4.78 is 10.2. The van der Waals surface area contributed by atoms with E-state index in [4.69, 9.17) is 9.26 Å². The fraction of sp³-hybridized carbons (Fsp3) is 0.316. The zero-order valence-corrected chi connectivity index (χ0v) is 14.9. The third-order valence-corrected chi connectivity index (χ3v) is 4.36. The Kier molecular flexibility index (Phi) is 6.15. The summed E-state index contributed by atoms with van der Waals surface area (Å²) in [6.45, 7) is 0.354. The summed E-state index contributed by atoms with van der Waals surface area (Å²) in [5.41, 5.74) is 0.791. The summed E-state index contributed by atoms with van der Waals surface area (Å²) >= 11 is 0. The van der Waals surface area contributed by atoms with Gasteiger partial charge < -0.3 is 19.9 Å². The molecule has 2 atom stereocenters. The number of benzene rings is 1. The standard InChI is InChI=1S/C19H19N3O6/c23-14(10-13-6-8-20-18(25)17(13)24)16(15-7-9-21-28-15)22-19(26)27-11-12-4-2-1-3-5-12/h1-5,7,9,13,16H,6,8,10-11H2,(H,20,25)(H,22,26). The molecule has 28 heavy (non-hydrogen) atoms. The van der Waals surface area contributed by atoms with Gasteiger partial charge in [-0.05, 0) is 12.0 Å². The second-order valence-corrected chi connectivity index (χ2v) is 6.33. The van der Waals surface area contributed by atoms with Gasteiger partial charge in [0.1, 0.15) is 6.61 Å². The molecule has 1 aromatic heterocycles. The molecule has 0 radical (unpaired) electrons. The molecule has 2 aromatic rings. The zero-order chi connectivity index (χ0) is 19.9. The lowest BCUT2D eigenvalue weighted by molar-refractivity contribution is -0.143. The Morgan fingerprint density at radius 1 is 1.25 bits per heavy atom. The highest BCUT2D eigenvalue weighted by Crippen LogP contribution is 2.21. The van der Waals surface area contributed by atoms with Crippen molar-refractivity contribution < 1.29 is 28.4 Å². The molecule has 2 heterocycles. The molecule has 0 spiro atoms. The van der Waals surface area contributed by atoms with Crippen molar-refractivity contribution in [2.75, 3.05) is 6.54 Å². The van der Waals surface area contributed by atoms with Gasteiger partial charge in [0.15, 0.2) is 17.6 Å². The van der Waals surface area contributed by atoms with Crippen LogP contribution in [0.1, 0.15) is 30.2 Å². The first-order chi connectivity index (χ1) is 13.5. The summed E-state index contributed by atoms with van der Waals surface area (Å²) in [4.78, 5) is 48.3. The third kappa shape index (κ3) is 4.81. The van der Waals surface area contributed by atoms with Crippen molar-refractivity contribution >= 4 is 23.6 Å². The van der Waals surface area contributed by atoms with Crippen LogP contribution < -0.4 is 10.6 Å². The minimum Gasteiger partial charge on any atom is -0.445 e. The molecule has 9 heteroatoms. The number of carbonyl (C=O) groups is 4. The first kappa shape index (κ1) is 19.3. The molecule has 9 nitrogen and oxygen atoms in total. The Bertz CT molecular complexity index is 850. The molecule has 0 bridgehead atoms. The van der Waals surface area contributed by atoms with Crippen LogP contribution >= 0.6 is 0 Å². The minimum atomic E-state index is -1.16. The van der Waals surface area contributed by atoms with Gasteiger partial charge in [0.05, 0.1) is 6.20 Å². The first-order valence-corrected chi connectivity index (χ1v) is 8.77. The van der Waals surface area contributed by atoms with Gasteiger partial charge in [0.25, 0.3) is 5.91 Å². The van der Waals surface area contributed by atoms with Gasteiger partial charge in [-0.15, -0.1) is 0 Å². The van der Waals surface area contributed by atoms with E-state index in [1.54, 1.807) is 12.1 Å². The van der Waals surface area contributed by atoms with Crippen LogP contribution in [0.2, 0.25) is 0 Å². The fourth-order valence-electron chi connectivity index (χ4n) is 2.89. The van der Waals surface area contributed by atoms with Crippen molar-refractivity contribution in [1.82, 2.24) is 15.8 Å². The number of Topliss-reactive ketones (excluding diaryl/α,β-unsaturated/α-hetero) is 2. The number of ketones is 2. The molecule has 3 rings (SSSR count). The molecule has 1 aliphatic heterocycles. The van der Waals surface area contributed by atoms with E-state index < -0.39 is 35.5 Å². The van der Waals surface area contributed by atoms with Gasteiger partial charge >= 0.3 is 6.09 Å². The molecule has 1 aliphatic rings. The van der Waals surface area contributed by atoms with Crippen LogP contribution in [-0.2, 0) is 25.7 Å². The topological polar surface area (TPSA) is 128 Å². The highest BCUT2D eigenvalue weighted by Gasteiger charge is 2.35. The van der Waals surface area contributed by atoms with Crippen molar-refractivity contribution in [3.63, 3.8) is 0 Å². The third-order valence-electron chi connectivity index (χ3n) is 4.36. The molecular weight excluding hydrogens is 366 g/mol. The molecule has 1 aromatic carbocycles. The number of nitrogens with one attached hydrogen (secondary N) is 2. The number of alkyl carbamates (subject to hydrolysis) is 1. The van der Waals surface area contributed by atoms with E-state index in [9.17, 15) is 19.2 Å². The smallest absolute Gasteiger partial charge is 0.408 e. The summed E-state index contributed by atoms with van der Waals surface area (Å²) in [5.74, 6) is -2.41. The highest BCUT2D eigenvalue weighted by molar-refractivity contribution is 6.37. The zero-order valence-electron chi connectivity index (χ0n) is 14.9. The lowest BCUT2D eigenvalue weighted by atomic mass is 9.89. The number of amides is 2. The van der Waals surface area contributed by atoms with E-state index in [2.05, 4.69) is 15.8 Å². The quantitative estimate of drug-likeness (QED) is 0.688. The van der Waals surface area contributed by atoms with Gasteiger partial charge in [-0.3, -0.25) is 14.4 Å². The number of hydrogen-bond donors (Lipinski definition) is 2. The predicted molar refractivity (Wildman–Crippen MR) is 94.8 cm³/mol. The van der Waals surface area contributed by atoms with Crippen molar-refractivity contribution in [1.29, 1.82) is 0 Å². The number of aromatic nitrogens is 1.